The summed E-state index contributed by atoms with van der Waals surface area (Å²) in [5.41, 5.74) is 1.47. The second-order valence-corrected chi connectivity index (χ2v) is 3.95. The van der Waals surface area contributed by atoms with Gasteiger partial charge in [0.05, 0.1) is 18.1 Å². The van der Waals surface area contributed by atoms with Crippen LogP contribution in [0.4, 0.5) is 0 Å². The van der Waals surface area contributed by atoms with E-state index >= 15 is 0 Å². The second kappa shape index (κ2) is 6.02. The summed E-state index contributed by atoms with van der Waals surface area (Å²) in [6.07, 6.45) is 2.81. The maximum absolute atomic E-state index is 8.36. The highest BCUT2D eigenvalue weighted by Crippen LogP contribution is 2.17. The molecule has 0 unspecified atom stereocenters. The summed E-state index contributed by atoms with van der Waals surface area (Å²) in [7, 11) is 0. The monoisotopic (exact) mass is 262 g/mol. The van der Waals surface area contributed by atoms with E-state index in [-0.39, 0.29) is 0 Å². The largest absolute Gasteiger partial charge is 0.487 e. The van der Waals surface area contributed by atoms with Crippen LogP contribution in [0.1, 0.15) is 11.3 Å². The first kappa shape index (κ1) is 12.4. The van der Waals surface area contributed by atoms with E-state index in [2.05, 4.69) is 10.1 Å². The van der Waals surface area contributed by atoms with Gasteiger partial charge >= 0.3 is 0 Å². The molecule has 0 bridgehead atoms. The van der Waals surface area contributed by atoms with E-state index < -0.39 is 0 Å². The van der Waals surface area contributed by atoms with Gasteiger partial charge in [-0.1, -0.05) is 35.0 Å². The molecule has 0 aliphatic heterocycles. The summed E-state index contributed by atoms with van der Waals surface area (Å²) in [5.74, 6) is 0.630. The van der Waals surface area contributed by atoms with Crippen molar-refractivity contribution in [2.24, 2.45) is 5.16 Å². The van der Waals surface area contributed by atoms with Gasteiger partial charge in [0.2, 0.25) is 0 Å². The minimum Gasteiger partial charge on any atom is -0.487 e. The van der Waals surface area contributed by atoms with Crippen LogP contribution >= 0.6 is 11.6 Å². The van der Waals surface area contributed by atoms with Crippen LogP contribution in [0.2, 0.25) is 5.02 Å². The quantitative estimate of drug-likeness (QED) is 0.523. The van der Waals surface area contributed by atoms with E-state index in [0.717, 1.165) is 5.56 Å². The lowest BCUT2D eigenvalue weighted by molar-refractivity contribution is 0.305. The van der Waals surface area contributed by atoms with Gasteiger partial charge in [-0.15, -0.1) is 0 Å². The van der Waals surface area contributed by atoms with Crippen molar-refractivity contribution in [3.05, 3.63) is 58.9 Å². The summed E-state index contributed by atoms with van der Waals surface area (Å²) >= 11 is 6.02. The topological polar surface area (TPSA) is 54.7 Å². The van der Waals surface area contributed by atoms with Gasteiger partial charge in [0.1, 0.15) is 12.4 Å². The zero-order valence-corrected chi connectivity index (χ0v) is 10.2. The fraction of sp³-hybridized carbons (Fsp3) is 0.0769. The van der Waals surface area contributed by atoms with E-state index in [0.29, 0.717) is 23.1 Å². The van der Waals surface area contributed by atoms with Crippen LogP contribution in [-0.4, -0.2) is 16.4 Å². The minimum absolute atomic E-state index is 0.384. The summed E-state index contributed by atoms with van der Waals surface area (Å²) in [6, 6.07) is 10.9. The molecule has 5 heteroatoms. The zero-order chi connectivity index (χ0) is 12.8. The SMILES string of the molecule is ON=Cc1ccc(OCc2ccccc2Cl)cn1. The average Bonchev–Trinajstić information content (AvgIpc) is 2.40. The van der Waals surface area contributed by atoms with Crippen LogP contribution in [0.3, 0.4) is 0 Å². The first-order chi connectivity index (χ1) is 8.79. The molecule has 1 aromatic carbocycles. The lowest BCUT2D eigenvalue weighted by Gasteiger charge is -2.07. The molecule has 2 aromatic rings. The predicted molar refractivity (Wildman–Crippen MR) is 69.4 cm³/mol. The Bertz CT molecular complexity index is 541. The molecule has 18 heavy (non-hydrogen) atoms. The predicted octanol–water partition coefficient (Wildman–Crippen LogP) is 3.12. The molecule has 4 nitrogen and oxygen atoms in total. The molecule has 0 aliphatic carbocycles. The number of benzene rings is 1. The van der Waals surface area contributed by atoms with Gasteiger partial charge in [-0.3, -0.25) is 4.98 Å². The van der Waals surface area contributed by atoms with Gasteiger partial charge in [0.25, 0.3) is 0 Å². The van der Waals surface area contributed by atoms with E-state index in [4.69, 9.17) is 21.5 Å². The van der Waals surface area contributed by atoms with E-state index in [9.17, 15) is 0 Å². The minimum atomic E-state index is 0.384. The lowest BCUT2D eigenvalue weighted by atomic mass is 10.2. The normalized spacial score (nSPS) is 10.7. The lowest BCUT2D eigenvalue weighted by Crippen LogP contribution is -1.97. The Hall–Kier alpha value is -2.07. The highest BCUT2D eigenvalue weighted by molar-refractivity contribution is 6.31. The smallest absolute Gasteiger partial charge is 0.138 e. The van der Waals surface area contributed by atoms with Gasteiger partial charge in [0.15, 0.2) is 0 Å². The van der Waals surface area contributed by atoms with Crippen LogP contribution in [0, 0.1) is 0 Å². The Labute approximate surface area is 109 Å². The van der Waals surface area contributed by atoms with Crippen molar-refractivity contribution in [2.75, 3.05) is 0 Å². The van der Waals surface area contributed by atoms with Crippen molar-refractivity contribution in [2.45, 2.75) is 6.61 Å². The molecular formula is C13H11ClN2O2. The third-order valence-electron chi connectivity index (χ3n) is 2.30. The molecule has 0 saturated heterocycles. The van der Waals surface area contributed by atoms with Crippen molar-refractivity contribution < 1.29 is 9.94 Å². The van der Waals surface area contributed by atoms with Crippen LogP contribution in [-0.2, 0) is 6.61 Å². The molecule has 0 aliphatic rings. The van der Waals surface area contributed by atoms with Crippen molar-refractivity contribution in [1.29, 1.82) is 0 Å². The highest BCUT2D eigenvalue weighted by atomic mass is 35.5. The Morgan fingerprint density at radius 3 is 2.78 bits per heavy atom. The van der Waals surface area contributed by atoms with Gasteiger partial charge in [-0.2, -0.15) is 0 Å². The van der Waals surface area contributed by atoms with Crippen LogP contribution < -0.4 is 4.74 Å². The van der Waals surface area contributed by atoms with Crippen molar-refractivity contribution in [3.63, 3.8) is 0 Å². The first-order valence-corrected chi connectivity index (χ1v) is 5.67. The van der Waals surface area contributed by atoms with Crippen LogP contribution in [0.5, 0.6) is 5.75 Å². The molecule has 1 aromatic heterocycles. The Kier molecular flexibility index (Phi) is 4.15. The first-order valence-electron chi connectivity index (χ1n) is 5.29. The van der Waals surface area contributed by atoms with E-state index in [1.807, 2.05) is 24.3 Å². The number of hydrogen-bond donors (Lipinski definition) is 1. The summed E-state index contributed by atoms with van der Waals surface area (Å²) in [5, 5.41) is 11.9. The van der Waals surface area contributed by atoms with Gasteiger partial charge in [0, 0.05) is 10.6 Å². The van der Waals surface area contributed by atoms with E-state index in [1.54, 1.807) is 18.3 Å². The van der Waals surface area contributed by atoms with Crippen molar-refractivity contribution in [3.8, 4) is 5.75 Å². The number of pyridine rings is 1. The molecule has 92 valence electrons. The third kappa shape index (κ3) is 3.21. The number of aromatic nitrogens is 1. The van der Waals surface area contributed by atoms with Crippen LogP contribution in [0.15, 0.2) is 47.8 Å². The Morgan fingerprint density at radius 1 is 1.28 bits per heavy atom. The fourth-order valence-electron chi connectivity index (χ4n) is 1.39. The molecule has 0 amide bonds. The number of rotatable bonds is 4. The van der Waals surface area contributed by atoms with Gasteiger partial charge in [-0.25, -0.2) is 0 Å². The molecular weight excluding hydrogens is 252 g/mol. The number of hydrogen-bond acceptors (Lipinski definition) is 4. The second-order valence-electron chi connectivity index (χ2n) is 3.54. The summed E-state index contributed by atoms with van der Waals surface area (Å²) in [4.78, 5) is 4.04. The number of halogens is 1. The van der Waals surface area contributed by atoms with Crippen molar-refractivity contribution >= 4 is 17.8 Å². The summed E-state index contributed by atoms with van der Waals surface area (Å²) < 4.78 is 5.55. The van der Waals surface area contributed by atoms with Crippen molar-refractivity contribution in [1.82, 2.24) is 4.98 Å². The van der Waals surface area contributed by atoms with Gasteiger partial charge in [-0.05, 0) is 18.2 Å². The molecule has 0 spiro atoms. The molecule has 0 fully saturated rings. The number of ether oxygens (including phenoxy) is 1. The zero-order valence-electron chi connectivity index (χ0n) is 9.45. The molecule has 2 rings (SSSR count). The molecule has 0 atom stereocenters. The van der Waals surface area contributed by atoms with E-state index in [1.165, 1.54) is 6.21 Å². The molecule has 0 saturated carbocycles. The maximum Gasteiger partial charge on any atom is 0.138 e. The molecule has 1 N–H and O–H groups in total. The van der Waals surface area contributed by atoms with Gasteiger partial charge < -0.3 is 9.94 Å². The third-order valence-corrected chi connectivity index (χ3v) is 2.67. The average molecular weight is 263 g/mol. The highest BCUT2D eigenvalue weighted by Gasteiger charge is 2.00. The maximum atomic E-state index is 8.36. The molecule has 0 radical (unpaired) electrons. The fourth-order valence-corrected chi connectivity index (χ4v) is 1.58. The molecule has 1 heterocycles. The standard InChI is InChI=1S/C13H11ClN2O2/c14-13-4-2-1-3-10(13)9-18-12-6-5-11(7-16-17)15-8-12/h1-8,17H,9H2. The van der Waals surface area contributed by atoms with Crippen LogP contribution in [0.25, 0.3) is 0 Å². The number of oxime groups is 1. The Morgan fingerprint density at radius 2 is 2.11 bits per heavy atom. The summed E-state index contributed by atoms with van der Waals surface area (Å²) in [6.45, 7) is 0.384. The Balaban J connectivity index is 2.00. The number of nitrogens with zero attached hydrogens (tertiary/aromatic N) is 2.